The number of rotatable bonds is 3. The fourth-order valence-corrected chi connectivity index (χ4v) is 4.59. The SMILES string of the molecule is C=Cc1ccc(C(=O)N2CC3CCC2CN3C(=O)c2cn3c(n2)COCC3)cc1. The molecule has 2 amide bonds. The predicted molar refractivity (Wildman–Crippen MR) is 107 cm³/mol. The van der Waals surface area contributed by atoms with Gasteiger partial charge in [-0.05, 0) is 30.5 Å². The van der Waals surface area contributed by atoms with Gasteiger partial charge in [0.25, 0.3) is 11.8 Å². The Bertz CT molecular complexity index is 941. The van der Waals surface area contributed by atoms with Crippen LogP contribution in [0.15, 0.2) is 37.0 Å². The topological polar surface area (TPSA) is 67.7 Å². The van der Waals surface area contributed by atoms with E-state index in [1.165, 1.54) is 0 Å². The van der Waals surface area contributed by atoms with E-state index in [-0.39, 0.29) is 23.9 Å². The molecule has 7 heteroatoms. The molecule has 4 aliphatic heterocycles. The highest BCUT2D eigenvalue weighted by Gasteiger charge is 2.43. The molecular formula is C22H24N4O3. The number of nitrogens with zero attached hydrogens (tertiary/aromatic N) is 4. The molecule has 150 valence electrons. The highest BCUT2D eigenvalue weighted by atomic mass is 16.5. The zero-order chi connectivity index (χ0) is 20.0. The summed E-state index contributed by atoms with van der Waals surface area (Å²) in [4.78, 5) is 34.5. The van der Waals surface area contributed by atoms with E-state index in [0.29, 0.717) is 37.6 Å². The van der Waals surface area contributed by atoms with Gasteiger partial charge in [-0.2, -0.15) is 0 Å². The third-order valence-corrected chi connectivity index (χ3v) is 6.23. The van der Waals surface area contributed by atoms with Crippen LogP contribution in [0.5, 0.6) is 0 Å². The first-order valence-electron chi connectivity index (χ1n) is 10.1. The Balaban J connectivity index is 1.31. The third-order valence-electron chi connectivity index (χ3n) is 6.23. The number of piperidine rings is 2. The van der Waals surface area contributed by atoms with Crippen molar-refractivity contribution < 1.29 is 14.3 Å². The number of carbonyl (C=O) groups excluding carboxylic acids is 2. The number of ether oxygens (including phenoxy) is 1. The highest BCUT2D eigenvalue weighted by Crippen LogP contribution is 2.31. The summed E-state index contributed by atoms with van der Waals surface area (Å²) < 4.78 is 7.42. The minimum atomic E-state index is -0.0379. The Hall–Kier alpha value is -2.93. The Morgan fingerprint density at radius 2 is 1.76 bits per heavy atom. The van der Waals surface area contributed by atoms with E-state index in [1.807, 2.05) is 44.8 Å². The lowest BCUT2D eigenvalue weighted by Gasteiger charge is -2.51. The lowest BCUT2D eigenvalue weighted by molar-refractivity contribution is -0.00633. The predicted octanol–water partition coefficient (Wildman–Crippen LogP) is 2.19. The van der Waals surface area contributed by atoms with Crippen LogP contribution in [-0.4, -0.2) is 62.9 Å². The second-order valence-electron chi connectivity index (χ2n) is 7.91. The summed E-state index contributed by atoms with van der Waals surface area (Å²) in [6, 6.07) is 7.60. The van der Waals surface area contributed by atoms with Gasteiger partial charge in [0.05, 0.1) is 6.61 Å². The van der Waals surface area contributed by atoms with Gasteiger partial charge in [-0.1, -0.05) is 24.8 Å². The largest absolute Gasteiger partial charge is 0.372 e. The molecule has 2 bridgehead atoms. The van der Waals surface area contributed by atoms with Crippen LogP contribution in [0, 0.1) is 0 Å². The van der Waals surface area contributed by atoms with Crippen molar-refractivity contribution in [2.75, 3.05) is 19.7 Å². The summed E-state index contributed by atoms with van der Waals surface area (Å²) in [6.45, 7) is 6.73. The molecule has 4 aliphatic rings. The molecule has 29 heavy (non-hydrogen) atoms. The molecule has 6 rings (SSSR count). The summed E-state index contributed by atoms with van der Waals surface area (Å²) in [5.74, 6) is 0.808. The molecule has 2 atom stereocenters. The second-order valence-corrected chi connectivity index (χ2v) is 7.91. The number of hydrogen-bond acceptors (Lipinski definition) is 4. The maximum Gasteiger partial charge on any atom is 0.274 e. The van der Waals surface area contributed by atoms with Gasteiger partial charge in [-0.25, -0.2) is 4.98 Å². The number of benzene rings is 1. The molecular weight excluding hydrogens is 368 g/mol. The van der Waals surface area contributed by atoms with Crippen molar-refractivity contribution in [2.45, 2.75) is 38.1 Å². The first kappa shape index (κ1) is 18.1. The zero-order valence-electron chi connectivity index (χ0n) is 16.3. The number of hydrogen-bond donors (Lipinski definition) is 0. The van der Waals surface area contributed by atoms with E-state index in [4.69, 9.17) is 4.74 Å². The van der Waals surface area contributed by atoms with Crippen LogP contribution in [0.4, 0.5) is 0 Å². The molecule has 0 radical (unpaired) electrons. The molecule has 5 heterocycles. The molecule has 0 N–H and O–H groups in total. The number of piperazine rings is 1. The molecule has 2 unspecified atom stereocenters. The van der Waals surface area contributed by atoms with Crippen molar-refractivity contribution in [1.82, 2.24) is 19.4 Å². The van der Waals surface area contributed by atoms with E-state index in [2.05, 4.69) is 11.6 Å². The smallest absolute Gasteiger partial charge is 0.274 e. The quantitative estimate of drug-likeness (QED) is 0.803. The Kier molecular flexibility index (Phi) is 4.47. The van der Waals surface area contributed by atoms with Crippen molar-refractivity contribution in [3.05, 3.63) is 59.7 Å². The fraction of sp³-hybridized carbons (Fsp3) is 0.409. The van der Waals surface area contributed by atoms with Crippen molar-refractivity contribution in [3.63, 3.8) is 0 Å². The molecule has 1 aromatic carbocycles. The number of amides is 2. The minimum absolute atomic E-state index is 0.0379. The summed E-state index contributed by atoms with van der Waals surface area (Å²) in [5.41, 5.74) is 2.16. The number of aromatic nitrogens is 2. The van der Waals surface area contributed by atoms with Gasteiger partial charge in [-0.15, -0.1) is 0 Å². The monoisotopic (exact) mass is 392 g/mol. The van der Waals surface area contributed by atoms with Crippen LogP contribution >= 0.6 is 0 Å². The number of fused-ring (bicyclic) bond motifs is 4. The van der Waals surface area contributed by atoms with Crippen molar-refractivity contribution in [2.24, 2.45) is 0 Å². The molecule has 1 aromatic heterocycles. The first-order chi connectivity index (χ1) is 14.1. The molecule has 0 spiro atoms. The molecule has 3 saturated heterocycles. The van der Waals surface area contributed by atoms with E-state index >= 15 is 0 Å². The van der Waals surface area contributed by atoms with E-state index in [9.17, 15) is 9.59 Å². The molecule has 0 aliphatic carbocycles. The van der Waals surface area contributed by atoms with E-state index in [0.717, 1.165) is 30.8 Å². The van der Waals surface area contributed by atoms with Crippen LogP contribution in [0.25, 0.3) is 6.08 Å². The summed E-state index contributed by atoms with van der Waals surface area (Å²) in [7, 11) is 0. The normalized spacial score (nSPS) is 23.0. The summed E-state index contributed by atoms with van der Waals surface area (Å²) in [5, 5.41) is 0. The van der Waals surface area contributed by atoms with Crippen molar-refractivity contribution in [1.29, 1.82) is 0 Å². The van der Waals surface area contributed by atoms with Gasteiger partial charge in [0.15, 0.2) is 0 Å². The lowest BCUT2D eigenvalue weighted by atomic mass is 9.89. The van der Waals surface area contributed by atoms with Gasteiger partial charge in [-0.3, -0.25) is 9.59 Å². The fourth-order valence-electron chi connectivity index (χ4n) is 4.59. The molecule has 7 nitrogen and oxygen atoms in total. The van der Waals surface area contributed by atoms with Gasteiger partial charge in [0, 0.05) is 43.5 Å². The maximum absolute atomic E-state index is 13.1. The average molecular weight is 392 g/mol. The molecule has 2 aromatic rings. The standard InChI is InChI=1S/C22H24N4O3/c1-2-15-3-5-16(6-4-15)21(27)25-11-18-8-7-17(25)12-26(18)22(28)19-13-24-9-10-29-14-20(24)23-19/h2-6,13,17-18H,1,7-12,14H2. The van der Waals surface area contributed by atoms with E-state index in [1.54, 1.807) is 6.08 Å². The van der Waals surface area contributed by atoms with Crippen molar-refractivity contribution in [3.8, 4) is 0 Å². The molecule has 0 saturated carbocycles. The van der Waals surface area contributed by atoms with E-state index < -0.39 is 0 Å². The number of carbonyl (C=O) groups is 2. The summed E-state index contributed by atoms with van der Waals surface area (Å²) in [6.07, 6.45) is 5.46. The second kappa shape index (κ2) is 7.15. The Labute approximate surface area is 169 Å². The first-order valence-corrected chi connectivity index (χ1v) is 10.1. The van der Waals surface area contributed by atoms with Gasteiger partial charge in [0.1, 0.15) is 18.1 Å². The lowest BCUT2D eigenvalue weighted by Crippen LogP contribution is -2.65. The van der Waals surface area contributed by atoms with Gasteiger partial charge in [0.2, 0.25) is 0 Å². The average Bonchev–Trinajstić information content (AvgIpc) is 3.22. The van der Waals surface area contributed by atoms with Crippen LogP contribution in [0.2, 0.25) is 0 Å². The summed E-state index contributed by atoms with van der Waals surface area (Å²) >= 11 is 0. The van der Waals surface area contributed by atoms with Crippen LogP contribution in [0.1, 0.15) is 45.1 Å². The Morgan fingerprint density at radius 3 is 2.38 bits per heavy atom. The molecule has 3 fully saturated rings. The van der Waals surface area contributed by atoms with Gasteiger partial charge >= 0.3 is 0 Å². The number of imidazole rings is 1. The third kappa shape index (κ3) is 3.15. The highest BCUT2D eigenvalue weighted by molar-refractivity contribution is 5.96. The van der Waals surface area contributed by atoms with Gasteiger partial charge < -0.3 is 19.1 Å². The van der Waals surface area contributed by atoms with Crippen molar-refractivity contribution >= 4 is 17.9 Å². The zero-order valence-corrected chi connectivity index (χ0v) is 16.3. The van der Waals surface area contributed by atoms with Crippen LogP contribution < -0.4 is 0 Å². The van der Waals surface area contributed by atoms with Crippen LogP contribution in [-0.2, 0) is 17.9 Å². The van der Waals surface area contributed by atoms with Crippen LogP contribution in [0.3, 0.4) is 0 Å². The Morgan fingerprint density at radius 1 is 1.07 bits per heavy atom. The maximum atomic E-state index is 13.1. The minimum Gasteiger partial charge on any atom is -0.372 e.